The summed E-state index contributed by atoms with van der Waals surface area (Å²) in [6.07, 6.45) is 2.06. The maximum atomic E-state index is 5.89. The third-order valence-electron chi connectivity index (χ3n) is 3.40. The molecule has 15 heavy (non-hydrogen) atoms. The summed E-state index contributed by atoms with van der Waals surface area (Å²) in [6.45, 7) is 2.49. The molecule has 0 aromatic carbocycles. The number of hydrogen-bond donors (Lipinski definition) is 1. The van der Waals surface area contributed by atoms with Gasteiger partial charge in [0, 0.05) is 19.8 Å². The summed E-state index contributed by atoms with van der Waals surface area (Å²) in [5.41, 5.74) is 2.52. The number of hydrogen-bond acceptors (Lipinski definition) is 3. The number of pyridine rings is 1. The second kappa shape index (κ2) is 3.44. The fourth-order valence-electron chi connectivity index (χ4n) is 2.56. The third kappa shape index (κ3) is 1.46. The highest BCUT2D eigenvalue weighted by molar-refractivity contribution is 6.29. The monoisotopic (exact) mass is 224 g/mol. The molecule has 0 amide bonds. The molecule has 1 fully saturated rings. The van der Waals surface area contributed by atoms with Crippen molar-refractivity contribution in [1.82, 2.24) is 10.3 Å². The van der Waals surface area contributed by atoms with Crippen molar-refractivity contribution in [2.45, 2.75) is 24.9 Å². The number of nitrogens with zero attached hydrogens (tertiary/aromatic N) is 1. The van der Waals surface area contributed by atoms with Gasteiger partial charge in [-0.1, -0.05) is 17.7 Å². The molecular formula is C11H13ClN2O. The van der Waals surface area contributed by atoms with E-state index in [1.165, 1.54) is 5.56 Å². The predicted octanol–water partition coefficient (Wildman–Crippen LogP) is 1.84. The van der Waals surface area contributed by atoms with Crippen molar-refractivity contribution >= 4 is 11.6 Å². The maximum Gasteiger partial charge on any atom is 0.129 e. The molecule has 0 bridgehead atoms. The molecule has 0 unspecified atom stereocenters. The molecule has 1 saturated heterocycles. The van der Waals surface area contributed by atoms with Gasteiger partial charge in [0.05, 0.1) is 11.2 Å². The Morgan fingerprint density at radius 1 is 1.33 bits per heavy atom. The Morgan fingerprint density at radius 3 is 2.93 bits per heavy atom. The quantitative estimate of drug-likeness (QED) is 0.683. The van der Waals surface area contributed by atoms with Crippen molar-refractivity contribution in [3.63, 3.8) is 0 Å². The van der Waals surface area contributed by atoms with E-state index < -0.39 is 0 Å². The maximum absolute atomic E-state index is 5.89. The molecule has 3 nitrogen and oxygen atoms in total. The Labute approximate surface area is 93.8 Å². The molecule has 0 saturated carbocycles. The number of halogens is 1. The Morgan fingerprint density at radius 2 is 2.13 bits per heavy atom. The summed E-state index contributed by atoms with van der Waals surface area (Å²) < 4.78 is 5.41. The zero-order valence-electron chi connectivity index (χ0n) is 8.42. The number of nitrogens with one attached hydrogen (secondary N) is 1. The van der Waals surface area contributed by atoms with Gasteiger partial charge in [-0.2, -0.15) is 0 Å². The minimum Gasteiger partial charge on any atom is -0.381 e. The summed E-state index contributed by atoms with van der Waals surface area (Å²) >= 11 is 5.89. The van der Waals surface area contributed by atoms with E-state index in [0.717, 1.165) is 38.3 Å². The first-order valence-electron chi connectivity index (χ1n) is 5.29. The number of aromatic nitrogens is 1. The number of rotatable bonds is 0. The zero-order valence-corrected chi connectivity index (χ0v) is 9.18. The van der Waals surface area contributed by atoms with Crippen LogP contribution in [0.2, 0.25) is 5.15 Å². The molecule has 1 aromatic heterocycles. The Bertz CT molecular complexity index is 388. The van der Waals surface area contributed by atoms with Crippen LogP contribution in [-0.4, -0.2) is 18.2 Å². The van der Waals surface area contributed by atoms with E-state index in [1.54, 1.807) is 0 Å². The van der Waals surface area contributed by atoms with Crippen LogP contribution in [0.4, 0.5) is 0 Å². The average molecular weight is 225 g/mol. The van der Waals surface area contributed by atoms with E-state index in [-0.39, 0.29) is 5.54 Å². The second-order valence-corrected chi connectivity index (χ2v) is 4.56. The van der Waals surface area contributed by atoms with Crippen LogP contribution in [-0.2, 0) is 16.8 Å². The lowest BCUT2D eigenvalue weighted by Crippen LogP contribution is -2.41. The van der Waals surface area contributed by atoms with Gasteiger partial charge in [0.25, 0.3) is 0 Å². The van der Waals surface area contributed by atoms with Crippen molar-refractivity contribution in [3.8, 4) is 0 Å². The molecule has 4 heteroatoms. The lowest BCUT2D eigenvalue weighted by Gasteiger charge is -2.34. The highest BCUT2D eigenvalue weighted by atomic mass is 35.5. The van der Waals surface area contributed by atoms with Crippen LogP contribution >= 0.6 is 11.6 Å². The SMILES string of the molecule is Clc1ccc2c(n1)CNC21CCOCC1. The van der Waals surface area contributed by atoms with Gasteiger partial charge in [-0.3, -0.25) is 0 Å². The van der Waals surface area contributed by atoms with E-state index in [1.807, 2.05) is 6.07 Å². The summed E-state index contributed by atoms with van der Waals surface area (Å²) in [4.78, 5) is 4.37. The van der Waals surface area contributed by atoms with Crippen LogP contribution < -0.4 is 5.32 Å². The molecule has 1 N–H and O–H groups in total. The molecule has 0 aliphatic carbocycles. The third-order valence-corrected chi connectivity index (χ3v) is 3.61. The van der Waals surface area contributed by atoms with Crippen LogP contribution in [0.5, 0.6) is 0 Å². The van der Waals surface area contributed by atoms with Gasteiger partial charge in [0.1, 0.15) is 5.15 Å². The predicted molar refractivity (Wildman–Crippen MR) is 57.8 cm³/mol. The van der Waals surface area contributed by atoms with E-state index in [4.69, 9.17) is 16.3 Å². The minimum absolute atomic E-state index is 0.102. The molecule has 3 heterocycles. The normalized spacial score (nSPS) is 23.0. The van der Waals surface area contributed by atoms with Crippen LogP contribution in [0.3, 0.4) is 0 Å². The van der Waals surface area contributed by atoms with Crippen LogP contribution in [0, 0.1) is 0 Å². The average Bonchev–Trinajstić information content (AvgIpc) is 2.58. The highest BCUT2D eigenvalue weighted by Gasteiger charge is 2.40. The smallest absolute Gasteiger partial charge is 0.129 e. The number of fused-ring (bicyclic) bond motifs is 2. The number of ether oxygens (including phenoxy) is 1. The van der Waals surface area contributed by atoms with Gasteiger partial charge in [0.2, 0.25) is 0 Å². The zero-order chi connectivity index (χ0) is 10.3. The first-order chi connectivity index (χ1) is 7.30. The molecule has 0 atom stereocenters. The van der Waals surface area contributed by atoms with E-state index in [9.17, 15) is 0 Å². The summed E-state index contributed by atoms with van der Waals surface area (Å²) in [6, 6.07) is 3.99. The molecule has 2 aliphatic heterocycles. The minimum atomic E-state index is 0.102. The molecule has 2 aliphatic rings. The topological polar surface area (TPSA) is 34.2 Å². The Hall–Kier alpha value is -0.640. The van der Waals surface area contributed by atoms with Gasteiger partial charge in [-0.25, -0.2) is 4.98 Å². The van der Waals surface area contributed by atoms with E-state index in [2.05, 4.69) is 16.4 Å². The van der Waals surface area contributed by atoms with Crippen molar-refractivity contribution < 1.29 is 4.74 Å². The van der Waals surface area contributed by atoms with Crippen LogP contribution in [0.25, 0.3) is 0 Å². The summed E-state index contributed by atoms with van der Waals surface area (Å²) in [5, 5.41) is 4.15. The van der Waals surface area contributed by atoms with Crippen molar-refractivity contribution in [2.24, 2.45) is 0 Å². The standard InChI is InChI=1S/C11H13ClN2O/c12-10-2-1-8-9(14-10)7-13-11(8)3-5-15-6-4-11/h1-2,13H,3-7H2. The van der Waals surface area contributed by atoms with E-state index >= 15 is 0 Å². The summed E-state index contributed by atoms with van der Waals surface area (Å²) in [7, 11) is 0. The lowest BCUT2D eigenvalue weighted by atomic mass is 9.85. The lowest BCUT2D eigenvalue weighted by molar-refractivity contribution is 0.0408. The van der Waals surface area contributed by atoms with Gasteiger partial charge in [-0.05, 0) is 24.5 Å². The fourth-order valence-corrected chi connectivity index (χ4v) is 2.72. The van der Waals surface area contributed by atoms with Gasteiger partial charge < -0.3 is 10.1 Å². The molecule has 0 radical (unpaired) electrons. The first-order valence-corrected chi connectivity index (χ1v) is 5.67. The van der Waals surface area contributed by atoms with Crippen molar-refractivity contribution in [3.05, 3.63) is 28.5 Å². The fraction of sp³-hybridized carbons (Fsp3) is 0.545. The van der Waals surface area contributed by atoms with Gasteiger partial charge >= 0.3 is 0 Å². The highest BCUT2D eigenvalue weighted by Crippen LogP contribution is 2.38. The van der Waals surface area contributed by atoms with Crippen molar-refractivity contribution in [1.29, 1.82) is 0 Å². The Kier molecular flexibility index (Phi) is 2.20. The van der Waals surface area contributed by atoms with Crippen molar-refractivity contribution in [2.75, 3.05) is 13.2 Å². The van der Waals surface area contributed by atoms with Crippen LogP contribution in [0.15, 0.2) is 12.1 Å². The molecule has 3 rings (SSSR count). The Balaban J connectivity index is 2.03. The van der Waals surface area contributed by atoms with E-state index in [0.29, 0.717) is 5.15 Å². The first kappa shape index (κ1) is 9.58. The van der Waals surface area contributed by atoms with Gasteiger partial charge in [-0.15, -0.1) is 0 Å². The molecular weight excluding hydrogens is 212 g/mol. The van der Waals surface area contributed by atoms with Gasteiger partial charge in [0.15, 0.2) is 0 Å². The second-order valence-electron chi connectivity index (χ2n) is 4.18. The molecule has 1 spiro atoms. The summed E-state index contributed by atoms with van der Waals surface area (Å²) in [5.74, 6) is 0. The van der Waals surface area contributed by atoms with Crippen LogP contribution in [0.1, 0.15) is 24.1 Å². The molecule has 1 aromatic rings. The largest absolute Gasteiger partial charge is 0.381 e. The molecule has 80 valence electrons.